The highest BCUT2D eigenvalue weighted by Crippen LogP contribution is 2.24. The summed E-state index contributed by atoms with van der Waals surface area (Å²) in [5, 5.41) is 12.8. The fourth-order valence-corrected chi connectivity index (χ4v) is 2.06. The summed E-state index contributed by atoms with van der Waals surface area (Å²) < 4.78 is 5.36. The highest BCUT2D eigenvalue weighted by atomic mass is 16.5. The quantitative estimate of drug-likeness (QED) is 0.674. The van der Waals surface area contributed by atoms with Gasteiger partial charge in [-0.15, -0.1) is 0 Å². The molecule has 0 aromatic carbocycles. The molecule has 1 fully saturated rings. The molecule has 0 saturated carbocycles. The zero-order valence-electron chi connectivity index (χ0n) is 10.0. The summed E-state index contributed by atoms with van der Waals surface area (Å²) in [5.41, 5.74) is 0. The van der Waals surface area contributed by atoms with E-state index in [1.807, 2.05) is 0 Å². The molecular weight excluding hydrogens is 190 g/mol. The van der Waals surface area contributed by atoms with Crippen LogP contribution in [-0.4, -0.2) is 37.5 Å². The van der Waals surface area contributed by atoms with Crippen LogP contribution in [0.2, 0.25) is 0 Å². The summed E-state index contributed by atoms with van der Waals surface area (Å²) in [6.45, 7) is 7.42. The van der Waals surface area contributed by atoms with E-state index in [9.17, 15) is 5.11 Å². The zero-order valence-corrected chi connectivity index (χ0v) is 10.0. The Hall–Kier alpha value is -0.120. The van der Waals surface area contributed by atoms with Gasteiger partial charge in [-0.05, 0) is 44.6 Å². The molecule has 1 saturated heterocycles. The predicted octanol–water partition coefficient (Wildman–Crippen LogP) is 1.41. The third kappa shape index (κ3) is 4.49. The Morgan fingerprint density at radius 1 is 1.53 bits per heavy atom. The van der Waals surface area contributed by atoms with Gasteiger partial charge in [0.15, 0.2) is 0 Å². The Labute approximate surface area is 93.2 Å². The van der Waals surface area contributed by atoms with Crippen LogP contribution >= 0.6 is 0 Å². The molecule has 1 heterocycles. The van der Waals surface area contributed by atoms with Crippen LogP contribution in [0.15, 0.2) is 0 Å². The number of rotatable bonds is 7. The summed E-state index contributed by atoms with van der Waals surface area (Å²) in [4.78, 5) is 0. The summed E-state index contributed by atoms with van der Waals surface area (Å²) in [7, 11) is 0. The van der Waals surface area contributed by atoms with E-state index >= 15 is 0 Å². The van der Waals surface area contributed by atoms with Gasteiger partial charge in [0.05, 0.1) is 0 Å². The molecule has 3 nitrogen and oxygen atoms in total. The number of hydrogen-bond acceptors (Lipinski definition) is 3. The highest BCUT2D eigenvalue weighted by Gasteiger charge is 2.24. The largest absolute Gasteiger partial charge is 0.396 e. The van der Waals surface area contributed by atoms with Gasteiger partial charge >= 0.3 is 0 Å². The molecule has 1 rings (SSSR count). The van der Waals surface area contributed by atoms with E-state index in [0.717, 1.165) is 39.0 Å². The first-order chi connectivity index (χ1) is 7.27. The van der Waals surface area contributed by atoms with E-state index in [1.54, 1.807) is 0 Å². The van der Waals surface area contributed by atoms with Crippen LogP contribution in [0.5, 0.6) is 0 Å². The molecule has 0 amide bonds. The van der Waals surface area contributed by atoms with E-state index in [1.165, 1.54) is 0 Å². The minimum atomic E-state index is 0.302. The maximum Gasteiger partial charge on any atom is 0.0498 e. The van der Waals surface area contributed by atoms with Crippen LogP contribution in [0.4, 0.5) is 0 Å². The van der Waals surface area contributed by atoms with Gasteiger partial charge in [0.2, 0.25) is 0 Å². The molecule has 0 aromatic heterocycles. The van der Waals surface area contributed by atoms with E-state index in [4.69, 9.17) is 4.74 Å². The highest BCUT2D eigenvalue weighted by molar-refractivity contribution is 4.74. The number of aliphatic hydroxyl groups is 1. The molecule has 15 heavy (non-hydrogen) atoms. The molecule has 0 aliphatic carbocycles. The molecule has 3 unspecified atom stereocenters. The van der Waals surface area contributed by atoms with Gasteiger partial charge in [0.25, 0.3) is 0 Å². The maximum absolute atomic E-state index is 9.33. The number of hydrogen-bond donors (Lipinski definition) is 2. The SMILES string of the molecule is CCC(C)NCCC(CO)C1CCOC1. The van der Waals surface area contributed by atoms with Crippen LogP contribution in [0.3, 0.4) is 0 Å². The second-order valence-electron chi connectivity index (χ2n) is 4.62. The predicted molar refractivity (Wildman–Crippen MR) is 61.9 cm³/mol. The van der Waals surface area contributed by atoms with E-state index < -0.39 is 0 Å². The van der Waals surface area contributed by atoms with Crippen molar-refractivity contribution >= 4 is 0 Å². The third-order valence-corrected chi connectivity index (χ3v) is 3.49. The molecule has 0 radical (unpaired) electrons. The topological polar surface area (TPSA) is 41.5 Å². The van der Waals surface area contributed by atoms with Crippen molar-refractivity contribution in [3.8, 4) is 0 Å². The Bertz CT molecular complexity index is 158. The molecular formula is C12H25NO2. The lowest BCUT2D eigenvalue weighted by Gasteiger charge is -2.21. The van der Waals surface area contributed by atoms with Gasteiger partial charge < -0.3 is 15.2 Å². The lowest BCUT2D eigenvalue weighted by molar-refractivity contribution is 0.134. The average molecular weight is 215 g/mol. The van der Waals surface area contributed by atoms with Crippen LogP contribution in [0, 0.1) is 11.8 Å². The van der Waals surface area contributed by atoms with Crippen molar-refractivity contribution in [3.63, 3.8) is 0 Å². The lowest BCUT2D eigenvalue weighted by atomic mass is 9.89. The maximum atomic E-state index is 9.33. The van der Waals surface area contributed by atoms with Crippen molar-refractivity contribution in [1.82, 2.24) is 5.32 Å². The van der Waals surface area contributed by atoms with Crippen LogP contribution < -0.4 is 5.32 Å². The molecule has 2 N–H and O–H groups in total. The van der Waals surface area contributed by atoms with Crippen LogP contribution in [0.1, 0.15) is 33.1 Å². The lowest BCUT2D eigenvalue weighted by Crippen LogP contribution is -2.30. The molecule has 0 bridgehead atoms. The fraction of sp³-hybridized carbons (Fsp3) is 1.00. The summed E-state index contributed by atoms with van der Waals surface area (Å²) >= 11 is 0. The van der Waals surface area contributed by atoms with Crippen molar-refractivity contribution in [1.29, 1.82) is 0 Å². The first-order valence-electron chi connectivity index (χ1n) is 6.19. The molecule has 3 atom stereocenters. The minimum absolute atomic E-state index is 0.302. The molecule has 0 spiro atoms. The second-order valence-corrected chi connectivity index (χ2v) is 4.62. The van der Waals surface area contributed by atoms with E-state index in [-0.39, 0.29) is 0 Å². The molecule has 1 aliphatic heterocycles. The fourth-order valence-electron chi connectivity index (χ4n) is 2.06. The monoisotopic (exact) mass is 215 g/mol. The normalized spacial score (nSPS) is 25.4. The van der Waals surface area contributed by atoms with Crippen LogP contribution in [0.25, 0.3) is 0 Å². The van der Waals surface area contributed by atoms with Crippen molar-refractivity contribution in [2.75, 3.05) is 26.4 Å². The van der Waals surface area contributed by atoms with Gasteiger partial charge in [0, 0.05) is 25.9 Å². The smallest absolute Gasteiger partial charge is 0.0498 e. The minimum Gasteiger partial charge on any atom is -0.396 e. The third-order valence-electron chi connectivity index (χ3n) is 3.49. The molecule has 0 aromatic rings. The summed E-state index contributed by atoms with van der Waals surface area (Å²) in [6.07, 6.45) is 3.35. The van der Waals surface area contributed by atoms with Crippen molar-refractivity contribution in [3.05, 3.63) is 0 Å². The van der Waals surface area contributed by atoms with Crippen molar-refractivity contribution < 1.29 is 9.84 Å². The van der Waals surface area contributed by atoms with Gasteiger partial charge in [-0.1, -0.05) is 6.92 Å². The second kappa shape index (κ2) is 7.20. The van der Waals surface area contributed by atoms with Crippen molar-refractivity contribution in [2.24, 2.45) is 11.8 Å². The van der Waals surface area contributed by atoms with Gasteiger partial charge in [0.1, 0.15) is 0 Å². The van der Waals surface area contributed by atoms with Crippen molar-refractivity contribution in [2.45, 2.75) is 39.2 Å². The van der Waals surface area contributed by atoms with Crippen LogP contribution in [-0.2, 0) is 4.74 Å². The Balaban J connectivity index is 2.15. The van der Waals surface area contributed by atoms with Gasteiger partial charge in [-0.2, -0.15) is 0 Å². The molecule has 90 valence electrons. The Kier molecular flexibility index (Phi) is 6.22. The Morgan fingerprint density at radius 3 is 2.87 bits per heavy atom. The molecule has 3 heteroatoms. The zero-order chi connectivity index (χ0) is 11.1. The summed E-state index contributed by atoms with van der Waals surface area (Å²) in [5.74, 6) is 0.998. The van der Waals surface area contributed by atoms with E-state index in [2.05, 4.69) is 19.2 Å². The molecule has 1 aliphatic rings. The number of aliphatic hydroxyl groups excluding tert-OH is 1. The first-order valence-corrected chi connectivity index (χ1v) is 6.19. The Morgan fingerprint density at radius 2 is 2.33 bits per heavy atom. The number of nitrogens with one attached hydrogen (secondary N) is 1. The van der Waals surface area contributed by atoms with Gasteiger partial charge in [-0.25, -0.2) is 0 Å². The standard InChI is InChI=1S/C12H25NO2/c1-3-10(2)13-6-4-11(8-14)12-5-7-15-9-12/h10-14H,3-9H2,1-2H3. The average Bonchev–Trinajstić information content (AvgIpc) is 2.77. The number of ether oxygens (including phenoxy) is 1. The first kappa shape index (κ1) is 12.9. The summed E-state index contributed by atoms with van der Waals surface area (Å²) in [6, 6.07) is 0.587. The van der Waals surface area contributed by atoms with E-state index in [0.29, 0.717) is 24.5 Å². The van der Waals surface area contributed by atoms with Gasteiger partial charge in [-0.3, -0.25) is 0 Å².